The molecular formula is C18H19Cl2FN2O4S. The molecule has 0 aliphatic heterocycles. The third kappa shape index (κ3) is 6.34. The third-order valence-electron chi connectivity index (χ3n) is 3.60. The molecule has 0 atom stereocenters. The minimum Gasteiger partial charge on any atom is -0.482 e. The monoisotopic (exact) mass is 448 g/mol. The van der Waals surface area contributed by atoms with Crippen LogP contribution in [0.3, 0.4) is 0 Å². The van der Waals surface area contributed by atoms with Gasteiger partial charge < -0.3 is 10.1 Å². The second kappa shape index (κ2) is 10.1. The van der Waals surface area contributed by atoms with E-state index in [0.29, 0.717) is 12.2 Å². The van der Waals surface area contributed by atoms with Gasteiger partial charge in [-0.1, -0.05) is 36.5 Å². The first-order valence-corrected chi connectivity index (χ1v) is 10.6. The Morgan fingerprint density at radius 1 is 1.14 bits per heavy atom. The van der Waals surface area contributed by atoms with Gasteiger partial charge in [-0.25, -0.2) is 17.5 Å². The number of benzene rings is 2. The lowest BCUT2D eigenvalue weighted by atomic mass is 10.3. The van der Waals surface area contributed by atoms with Gasteiger partial charge in [0.2, 0.25) is 10.0 Å². The Morgan fingerprint density at radius 2 is 1.89 bits per heavy atom. The lowest BCUT2D eigenvalue weighted by Crippen LogP contribution is -2.24. The number of nitrogens with one attached hydrogen (secondary N) is 2. The molecule has 28 heavy (non-hydrogen) atoms. The number of ether oxygens (including phenoxy) is 1. The van der Waals surface area contributed by atoms with Crippen molar-refractivity contribution in [1.29, 1.82) is 0 Å². The summed E-state index contributed by atoms with van der Waals surface area (Å²) in [6.45, 7) is 1.91. The Balaban J connectivity index is 1.97. The van der Waals surface area contributed by atoms with Gasteiger partial charge in [-0.15, -0.1) is 0 Å². The Labute approximate surface area is 173 Å². The number of anilines is 1. The normalized spacial score (nSPS) is 11.3. The number of carbonyl (C=O) groups is 1. The van der Waals surface area contributed by atoms with Gasteiger partial charge >= 0.3 is 0 Å². The molecule has 0 unspecified atom stereocenters. The molecule has 2 aromatic rings. The second-order valence-corrected chi connectivity index (χ2v) is 8.39. The molecule has 2 aromatic carbocycles. The van der Waals surface area contributed by atoms with E-state index in [1.54, 1.807) is 0 Å². The molecule has 0 bridgehead atoms. The number of amides is 1. The van der Waals surface area contributed by atoms with E-state index in [-0.39, 0.29) is 27.3 Å². The smallest absolute Gasteiger partial charge is 0.262 e. The molecule has 0 spiro atoms. The first-order valence-electron chi connectivity index (χ1n) is 8.40. The number of carbonyl (C=O) groups excluding carboxylic acids is 1. The number of rotatable bonds is 9. The summed E-state index contributed by atoms with van der Waals surface area (Å²) in [5.74, 6) is -0.958. The summed E-state index contributed by atoms with van der Waals surface area (Å²) in [6.07, 6.45) is 1.59. The summed E-state index contributed by atoms with van der Waals surface area (Å²) in [5.41, 5.74) is 0.311. The van der Waals surface area contributed by atoms with Gasteiger partial charge in [0, 0.05) is 12.2 Å². The van der Waals surface area contributed by atoms with Crippen LogP contribution in [0.15, 0.2) is 41.3 Å². The van der Waals surface area contributed by atoms with Crippen molar-refractivity contribution < 1.29 is 22.3 Å². The van der Waals surface area contributed by atoms with Gasteiger partial charge in [-0.05, 0) is 42.8 Å². The van der Waals surface area contributed by atoms with Crippen molar-refractivity contribution in [2.75, 3.05) is 18.5 Å². The SMILES string of the molecule is CCCCNS(=O)(=O)c1ccc(OCC(=O)Nc2ccc(F)c(Cl)c2)c(Cl)c1. The number of unbranched alkanes of at least 4 members (excludes halogenated alkanes) is 1. The maximum absolute atomic E-state index is 13.1. The molecule has 0 heterocycles. The lowest BCUT2D eigenvalue weighted by molar-refractivity contribution is -0.118. The fourth-order valence-corrected chi connectivity index (χ4v) is 3.73. The minimum absolute atomic E-state index is 0.00589. The highest BCUT2D eigenvalue weighted by atomic mass is 35.5. The van der Waals surface area contributed by atoms with Crippen molar-refractivity contribution in [3.8, 4) is 5.75 Å². The van der Waals surface area contributed by atoms with E-state index >= 15 is 0 Å². The Bertz CT molecular complexity index is 955. The van der Waals surface area contributed by atoms with E-state index in [0.717, 1.165) is 18.9 Å². The van der Waals surface area contributed by atoms with Crippen LogP contribution < -0.4 is 14.8 Å². The van der Waals surface area contributed by atoms with Gasteiger partial charge in [0.25, 0.3) is 5.91 Å². The zero-order valence-corrected chi connectivity index (χ0v) is 17.3. The zero-order valence-electron chi connectivity index (χ0n) is 15.0. The summed E-state index contributed by atoms with van der Waals surface area (Å²) in [5, 5.41) is 2.43. The van der Waals surface area contributed by atoms with Crippen molar-refractivity contribution in [2.45, 2.75) is 24.7 Å². The standard InChI is InChI=1S/C18H19Cl2FN2O4S/c1-2-3-8-22-28(25,26)13-5-7-17(15(20)10-13)27-11-18(24)23-12-4-6-16(21)14(19)9-12/h4-7,9-10,22H,2-3,8,11H2,1H3,(H,23,24). The minimum atomic E-state index is -3.66. The summed E-state index contributed by atoms with van der Waals surface area (Å²) in [6, 6.07) is 7.72. The molecule has 0 radical (unpaired) electrons. The van der Waals surface area contributed by atoms with E-state index < -0.39 is 21.7 Å². The van der Waals surface area contributed by atoms with Gasteiger partial charge in [-0.2, -0.15) is 0 Å². The van der Waals surface area contributed by atoms with Crippen LogP contribution in [-0.2, 0) is 14.8 Å². The maximum atomic E-state index is 13.1. The Kier molecular flexibility index (Phi) is 8.06. The molecular weight excluding hydrogens is 430 g/mol. The third-order valence-corrected chi connectivity index (χ3v) is 5.64. The highest BCUT2D eigenvalue weighted by Crippen LogP contribution is 2.27. The van der Waals surface area contributed by atoms with E-state index in [9.17, 15) is 17.6 Å². The fourth-order valence-electron chi connectivity index (χ4n) is 2.15. The molecule has 0 saturated heterocycles. The molecule has 152 valence electrons. The summed E-state index contributed by atoms with van der Waals surface area (Å²) in [7, 11) is -3.66. The van der Waals surface area contributed by atoms with Crippen molar-refractivity contribution in [3.63, 3.8) is 0 Å². The molecule has 6 nitrogen and oxygen atoms in total. The largest absolute Gasteiger partial charge is 0.482 e. The van der Waals surface area contributed by atoms with Gasteiger partial charge in [0.05, 0.1) is 14.9 Å². The van der Waals surface area contributed by atoms with Gasteiger partial charge in [-0.3, -0.25) is 4.79 Å². The molecule has 0 fully saturated rings. The van der Waals surface area contributed by atoms with Crippen LogP contribution in [0.25, 0.3) is 0 Å². The zero-order chi connectivity index (χ0) is 20.7. The van der Waals surface area contributed by atoms with Crippen LogP contribution >= 0.6 is 23.2 Å². The summed E-state index contributed by atoms with van der Waals surface area (Å²) in [4.78, 5) is 12.0. The number of hydrogen-bond donors (Lipinski definition) is 2. The quantitative estimate of drug-likeness (QED) is 0.562. The molecule has 2 N–H and O–H groups in total. The van der Waals surface area contributed by atoms with Crippen LogP contribution in [0.2, 0.25) is 10.0 Å². The van der Waals surface area contributed by atoms with Crippen LogP contribution in [-0.4, -0.2) is 27.5 Å². The predicted octanol–water partition coefficient (Wildman–Crippen LogP) is 4.23. The van der Waals surface area contributed by atoms with E-state index in [2.05, 4.69) is 10.0 Å². The Morgan fingerprint density at radius 3 is 2.54 bits per heavy atom. The molecule has 0 saturated carbocycles. The maximum Gasteiger partial charge on any atom is 0.262 e. The summed E-state index contributed by atoms with van der Waals surface area (Å²) >= 11 is 11.7. The van der Waals surface area contributed by atoms with Crippen molar-refractivity contribution in [3.05, 3.63) is 52.3 Å². The second-order valence-electron chi connectivity index (χ2n) is 5.81. The van der Waals surface area contributed by atoms with E-state index in [4.69, 9.17) is 27.9 Å². The van der Waals surface area contributed by atoms with Crippen molar-refractivity contribution in [1.82, 2.24) is 4.72 Å². The van der Waals surface area contributed by atoms with Crippen LogP contribution in [0.1, 0.15) is 19.8 Å². The molecule has 10 heteroatoms. The lowest BCUT2D eigenvalue weighted by Gasteiger charge is -2.11. The molecule has 1 amide bonds. The van der Waals surface area contributed by atoms with Crippen LogP contribution in [0.4, 0.5) is 10.1 Å². The first kappa shape index (κ1) is 22.4. The van der Waals surface area contributed by atoms with Crippen molar-refractivity contribution in [2.24, 2.45) is 0 Å². The molecule has 0 aliphatic carbocycles. The molecule has 0 aliphatic rings. The van der Waals surface area contributed by atoms with E-state index in [1.165, 1.54) is 30.3 Å². The fraction of sp³-hybridized carbons (Fsp3) is 0.278. The number of hydrogen-bond acceptors (Lipinski definition) is 4. The van der Waals surface area contributed by atoms with Gasteiger partial charge in [0.15, 0.2) is 6.61 Å². The number of halogens is 3. The highest BCUT2D eigenvalue weighted by molar-refractivity contribution is 7.89. The average molecular weight is 449 g/mol. The topological polar surface area (TPSA) is 84.5 Å². The summed E-state index contributed by atoms with van der Waals surface area (Å²) < 4.78 is 45.3. The Hall–Kier alpha value is -1.87. The predicted molar refractivity (Wildman–Crippen MR) is 107 cm³/mol. The highest BCUT2D eigenvalue weighted by Gasteiger charge is 2.16. The van der Waals surface area contributed by atoms with Crippen LogP contribution in [0.5, 0.6) is 5.75 Å². The van der Waals surface area contributed by atoms with Crippen LogP contribution in [0, 0.1) is 5.82 Å². The first-order chi connectivity index (χ1) is 13.2. The molecule has 2 rings (SSSR count). The average Bonchev–Trinajstić information content (AvgIpc) is 2.64. The molecule has 0 aromatic heterocycles. The van der Waals surface area contributed by atoms with Crippen molar-refractivity contribution >= 4 is 44.8 Å². The van der Waals surface area contributed by atoms with E-state index in [1.807, 2.05) is 6.92 Å². The number of sulfonamides is 1. The van der Waals surface area contributed by atoms with Gasteiger partial charge in [0.1, 0.15) is 11.6 Å².